The molecule has 4 aromatic carbocycles. The predicted octanol–water partition coefficient (Wildman–Crippen LogP) is 11.8. The molecule has 0 unspecified atom stereocenters. The molecule has 0 aliphatic heterocycles. The summed E-state index contributed by atoms with van der Waals surface area (Å²) in [4.78, 5) is 9.39. The fourth-order valence-corrected chi connectivity index (χ4v) is 8.21. The van der Waals surface area contributed by atoms with Crippen LogP contribution in [0.5, 0.6) is 0 Å². The number of aromatic nitrogens is 2. The number of benzene rings is 4. The summed E-state index contributed by atoms with van der Waals surface area (Å²) in [7, 11) is -1.34. The average molecular weight is 851 g/mol. The van der Waals surface area contributed by atoms with Crippen LogP contribution in [-0.4, -0.2) is 18.0 Å². The summed E-state index contributed by atoms with van der Waals surface area (Å²) >= 11 is 0. The molecule has 7 aromatic rings. The number of aryl methyl sites for hydroxylation is 1. The van der Waals surface area contributed by atoms with Crippen LogP contribution >= 0.6 is 0 Å². The fourth-order valence-electron chi connectivity index (χ4n) is 6.62. The third kappa shape index (κ3) is 8.07. The minimum atomic E-state index is -1.34. The van der Waals surface area contributed by atoms with Gasteiger partial charge < -0.3 is 14.4 Å². The molecule has 0 aliphatic rings. The molecule has 0 bridgehead atoms. The number of hydrogen-bond acceptors (Lipinski definition) is 3. The molecule has 0 saturated heterocycles. The Balaban J connectivity index is 0.000000204. The quantitative estimate of drug-likeness (QED) is 0.118. The van der Waals surface area contributed by atoms with Gasteiger partial charge in [0.15, 0.2) is 0 Å². The van der Waals surface area contributed by atoms with Crippen molar-refractivity contribution >= 4 is 35.2 Å². The van der Waals surface area contributed by atoms with Crippen LogP contribution in [0.15, 0.2) is 114 Å². The Hall–Kier alpha value is -4.15. The summed E-state index contributed by atoms with van der Waals surface area (Å²) in [6.07, 6.45) is 5.19. The van der Waals surface area contributed by atoms with Crippen molar-refractivity contribution in [3.8, 4) is 33.6 Å². The van der Waals surface area contributed by atoms with Gasteiger partial charge in [-0.2, -0.15) is 0 Å². The zero-order chi connectivity index (χ0) is 34.7. The molecule has 0 aliphatic carbocycles. The molecule has 0 atom stereocenters. The fraction of sp³-hybridized carbons (Fsp3) is 0.244. The third-order valence-corrected chi connectivity index (χ3v) is 11.0. The summed E-state index contributed by atoms with van der Waals surface area (Å²) in [6, 6.07) is 39.9. The van der Waals surface area contributed by atoms with E-state index in [9.17, 15) is 0 Å². The number of pyridine rings is 2. The van der Waals surface area contributed by atoms with Crippen LogP contribution in [0.25, 0.3) is 55.6 Å². The van der Waals surface area contributed by atoms with Crippen LogP contribution in [-0.2, 0) is 26.5 Å². The van der Waals surface area contributed by atoms with Gasteiger partial charge in [-0.3, -0.25) is 0 Å². The van der Waals surface area contributed by atoms with Crippen LogP contribution in [0.2, 0.25) is 19.6 Å². The second-order valence-electron chi connectivity index (χ2n) is 14.7. The summed E-state index contributed by atoms with van der Waals surface area (Å²) < 4.78 is 6.36. The summed E-state index contributed by atoms with van der Waals surface area (Å²) in [6.45, 7) is 18.3. The topological polar surface area (TPSA) is 38.9 Å². The Morgan fingerprint density at radius 2 is 1.50 bits per heavy atom. The van der Waals surface area contributed by atoms with Crippen LogP contribution in [0.4, 0.5) is 0 Å². The summed E-state index contributed by atoms with van der Waals surface area (Å²) in [5.41, 5.74) is 12.0. The monoisotopic (exact) mass is 851 g/mol. The Kier molecular flexibility index (Phi) is 11.7. The van der Waals surface area contributed by atoms with Crippen molar-refractivity contribution in [2.45, 2.75) is 66.6 Å². The van der Waals surface area contributed by atoms with E-state index in [2.05, 4.69) is 138 Å². The largest absolute Gasteiger partial charge is 0.501 e. The molecule has 1 radical (unpaired) electrons. The molecule has 0 saturated carbocycles. The number of hydrogen-bond donors (Lipinski definition) is 0. The van der Waals surface area contributed by atoms with Gasteiger partial charge in [-0.25, -0.2) is 0 Å². The van der Waals surface area contributed by atoms with Crippen molar-refractivity contribution in [3.63, 3.8) is 0 Å². The van der Waals surface area contributed by atoms with E-state index < -0.39 is 8.07 Å². The van der Waals surface area contributed by atoms with E-state index in [1.165, 1.54) is 33.0 Å². The molecule has 0 amide bonds. The van der Waals surface area contributed by atoms with E-state index in [-0.39, 0.29) is 20.1 Å². The predicted molar refractivity (Wildman–Crippen MR) is 210 cm³/mol. The van der Waals surface area contributed by atoms with Crippen molar-refractivity contribution in [1.29, 1.82) is 0 Å². The van der Waals surface area contributed by atoms with Crippen molar-refractivity contribution in [2.24, 2.45) is 5.92 Å². The van der Waals surface area contributed by atoms with E-state index in [0.717, 1.165) is 50.9 Å². The van der Waals surface area contributed by atoms with Crippen LogP contribution in [0.3, 0.4) is 0 Å². The second-order valence-corrected chi connectivity index (χ2v) is 19.7. The standard InChI is InChI=1S/C27H22NO.C18H24NSi.Ir/c1-17(2)23-15-24(28-16-18(23)3)21-12-7-13-22-26-20(19-9-5-4-6-10-19)11-8-14-25(26)29-27(21)22;1-14(2)11-16-12-17(15-9-7-6-8-10-15)19-13-18(16)20(3,4)5;/h4-11,13-17H,1-3H3;6-9,12-14H,11H2,1-5H3;/q2*-1;. The van der Waals surface area contributed by atoms with Gasteiger partial charge in [-0.15, -0.1) is 54.1 Å². The molecule has 0 fully saturated rings. The molecule has 0 N–H and O–H groups in total. The van der Waals surface area contributed by atoms with E-state index >= 15 is 0 Å². The van der Waals surface area contributed by atoms with Gasteiger partial charge in [0, 0.05) is 37.9 Å². The first-order valence-electron chi connectivity index (χ1n) is 17.4. The van der Waals surface area contributed by atoms with Crippen LogP contribution in [0, 0.1) is 25.0 Å². The maximum absolute atomic E-state index is 6.36. The van der Waals surface area contributed by atoms with Gasteiger partial charge >= 0.3 is 0 Å². The normalized spacial score (nSPS) is 11.5. The minimum Gasteiger partial charge on any atom is -0.501 e. The Labute approximate surface area is 312 Å². The second kappa shape index (κ2) is 15.8. The summed E-state index contributed by atoms with van der Waals surface area (Å²) in [5, 5.41) is 3.73. The van der Waals surface area contributed by atoms with Gasteiger partial charge in [0.25, 0.3) is 0 Å². The van der Waals surface area contributed by atoms with Crippen molar-refractivity contribution in [2.75, 3.05) is 0 Å². The SMILES string of the molecule is CC(C)Cc1cc(-c2[c-]cccc2)ncc1[Si](C)(C)C.Cc1cnc(-c2[c-]ccc3c2oc2cccc(-c4ccccc4)c23)cc1C(C)C.[Ir]. The number of fused-ring (bicyclic) bond motifs is 3. The van der Waals surface area contributed by atoms with Gasteiger partial charge in [0.05, 0.1) is 13.7 Å². The zero-order valence-corrected chi connectivity index (χ0v) is 33.8. The van der Waals surface area contributed by atoms with Gasteiger partial charge in [0.2, 0.25) is 0 Å². The molecular weight excluding hydrogens is 805 g/mol. The number of furan rings is 1. The zero-order valence-electron chi connectivity index (χ0n) is 30.4. The number of rotatable bonds is 7. The summed E-state index contributed by atoms with van der Waals surface area (Å²) in [5.74, 6) is 1.11. The Morgan fingerprint density at radius 1 is 0.760 bits per heavy atom. The molecule has 257 valence electrons. The first-order chi connectivity index (χ1) is 23.5. The van der Waals surface area contributed by atoms with Crippen molar-refractivity contribution < 1.29 is 24.5 Å². The third-order valence-electron chi connectivity index (χ3n) is 8.98. The minimum absolute atomic E-state index is 0. The van der Waals surface area contributed by atoms with Crippen molar-refractivity contribution in [1.82, 2.24) is 9.97 Å². The maximum Gasteiger partial charge on any atom is 0.121 e. The smallest absolute Gasteiger partial charge is 0.121 e. The first kappa shape index (κ1) is 37.1. The van der Waals surface area contributed by atoms with E-state index in [1.807, 2.05) is 42.6 Å². The van der Waals surface area contributed by atoms with E-state index in [0.29, 0.717) is 11.8 Å². The van der Waals surface area contributed by atoms with Crippen molar-refractivity contribution in [3.05, 3.63) is 138 Å². The molecule has 0 spiro atoms. The number of nitrogens with zero attached hydrogens (tertiary/aromatic N) is 2. The molecule has 3 nitrogen and oxygen atoms in total. The maximum atomic E-state index is 6.36. The molecule has 5 heteroatoms. The Morgan fingerprint density at radius 3 is 2.18 bits per heavy atom. The average Bonchev–Trinajstić information content (AvgIpc) is 3.48. The van der Waals surface area contributed by atoms with Gasteiger partial charge in [-0.05, 0) is 70.1 Å². The van der Waals surface area contributed by atoms with Crippen LogP contribution < -0.4 is 5.19 Å². The molecule has 7 rings (SSSR count). The van der Waals surface area contributed by atoms with Gasteiger partial charge in [0.1, 0.15) is 5.58 Å². The molecule has 3 heterocycles. The van der Waals surface area contributed by atoms with Gasteiger partial charge in [-0.1, -0.05) is 118 Å². The van der Waals surface area contributed by atoms with Crippen LogP contribution in [0.1, 0.15) is 50.3 Å². The Bertz CT molecular complexity index is 2200. The van der Waals surface area contributed by atoms with E-state index in [4.69, 9.17) is 9.40 Å². The molecule has 50 heavy (non-hydrogen) atoms. The van der Waals surface area contributed by atoms with E-state index in [1.54, 1.807) is 0 Å². The molecular formula is C45H46IrN2OSi-2. The first-order valence-corrected chi connectivity index (χ1v) is 20.9. The molecule has 3 aromatic heterocycles.